The van der Waals surface area contributed by atoms with E-state index in [9.17, 15) is 0 Å². The maximum absolute atomic E-state index is 4.11. The van der Waals surface area contributed by atoms with Crippen LogP contribution in [0.1, 0.15) is 54.4 Å². The Morgan fingerprint density at radius 2 is 1.78 bits per heavy atom. The van der Waals surface area contributed by atoms with E-state index in [0.29, 0.717) is 11.3 Å². The molecule has 102 valence electrons. The van der Waals surface area contributed by atoms with Crippen molar-refractivity contribution in [3.05, 3.63) is 36.0 Å². The van der Waals surface area contributed by atoms with Gasteiger partial charge in [0, 0.05) is 0 Å². The van der Waals surface area contributed by atoms with Crippen molar-refractivity contribution in [3.8, 4) is 12.8 Å². The monoisotopic (exact) mass is 246 g/mol. The second kappa shape index (κ2) is 8.81. The molecule has 1 rings (SSSR count). The lowest BCUT2D eigenvalue weighted by Gasteiger charge is -2.33. The summed E-state index contributed by atoms with van der Waals surface area (Å²) in [6, 6.07) is 0. The summed E-state index contributed by atoms with van der Waals surface area (Å²) >= 11 is 0. The van der Waals surface area contributed by atoms with E-state index in [1.54, 1.807) is 0 Å². The lowest BCUT2D eigenvalue weighted by Crippen LogP contribution is -2.23. The molecule has 0 heterocycles. The molecule has 1 aliphatic rings. The summed E-state index contributed by atoms with van der Waals surface area (Å²) in [6.07, 6.45) is 12.4. The van der Waals surface area contributed by atoms with Crippen LogP contribution >= 0.6 is 0 Å². The summed E-state index contributed by atoms with van der Waals surface area (Å²) in [5.41, 5.74) is 4.40. The van der Waals surface area contributed by atoms with Crippen molar-refractivity contribution in [2.45, 2.75) is 54.4 Å². The molecule has 0 saturated carbocycles. The van der Waals surface area contributed by atoms with Crippen LogP contribution in [-0.4, -0.2) is 0 Å². The Morgan fingerprint density at radius 3 is 2.06 bits per heavy atom. The largest absolute Gasteiger partial charge is 0.124 e. The number of hydrogen-bond acceptors (Lipinski definition) is 0. The molecule has 0 spiro atoms. The number of hydrogen-bond donors (Lipinski definition) is 0. The molecule has 0 nitrogen and oxygen atoms in total. The minimum Gasteiger partial charge on any atom is -0.124 e. The summed E-state index contributed by atoms with van der Waals surface area (Å²) in [6.45, 7) is 21.1. The van der Waals surface area contributed by atoms with Crippen molar-refractivity contribution < 1.29 is 0 Å². The first-order valence-corrected chi connectivity index (χ1v) is 6.78. The molecule has 1 atom stereocenters. The van der Waals surface area contributed by atoms with Gasteiger partial charge >= 0.3 is 0 Å². The molecule has 1 aliphatic carbocycles. The SMILES string of the molecule is C#C.C=CC1=C(C(=C)C)C(C)(C(C)C)CC1.CC. The second-order valence-electron chi connectivity index (χ2n) is 4.96. The van der Waals surface area contributed by atoms with E-state index < -0.39 is 0 Å². The minimum absolute atomic E-state index is 0.315. The first kappa shape index (κ1) is 19.1. The zero-order valence-electron chi connectivity index (χ0n) is 13.1. The van der Waals surface area contributed by atoms with Gasteiger partial charge in [-0.3, -0.25) is 0 Å². The average Bonchev–Trinajstić information content (AvgIpc) is 2.73. The Bertz CT molecular complexity index is 325. The van der Waals surface area contributed by atoms with Gasteiger partial charge in [0.05, 0.1) is 0 Å². The van der Waals surface area contributed by atoms with E-state index in [1.165, 1.54) is 29.6 Å². The molecular formula is C18H30. The summed E-state index contributed by atoms with van der Waals surface area (Å²) in [5, 5.41) is 0. The Labute approximate surface area is 115 Å². The lowest BCUT2D eigenvalue weighted by atomic mass is 9.71. The molecule has 18 heavy (non-hydrogen) atoms. The minimum atomic E-state index is 0.315. The quantitative estimate of drug-likeness (QED) is 0.554. The second-order valence-corrected chi connectivity index (χ2v) is 4.96. The number of terminal acetylenes is 1. The fraction of sp³-hybridized carbons (Fsp3) is 0.556. The van der Waals surface area contributed by atoms with Gasteiger partial charge in [0.1, 0.15) is 0 Å². The van der Waals surface area contributed by atoms with Gasteiger partial charge < -0.3 is 0 Å². The Balaban J connectivity index is 0. The topological polar surface area (TPSA) is 0 Å². The van der Waals surface area contributed by atoms with Crippen molar-refractivity contribution >= 4 is 0 Å². The standard InChI is InChI=1S/C14H22.C2H6.C2H2/c1-7-12-8-9-14(6,11(4)5)13(12)10(2)3;2*1-2/h7,11H,1-2,8-9H2,3-6H3;1-2H3;1-2H. The van der Waals surface area contributed by atoms with Crippen LogP contribution in [0.15, 0.2) is 36.0 Å². The average molecular weight is 246 g/mol. The predicted octanol–water partition coefficient (Wildman–Crippen LogP) is 5.78. The molecule has 0 fully saturated rings. The highest BCUT2D eigenvalue weighted by atomic mass is 14.4. The number of allylic oxidation sites excluding steroid dienone is 4. The van der Waals surface area contributed by atoms with Crippen molar-refractivity contribution in [3.63, 3.8) is 0 Å². The van der Waals surface area contributed by atoms with Crippen LogP contribution < -0.4 is 0 Å². The number of rotatable bonds is 3. The first-order chi connectivity index (χ1) is 8.43. The molecule has 0 N–H and O–H groups in total. The molecule has 0 aromatic heterocycles. The van der Waals surface area contributed by atoms with E-state index in [0.717, 1.165) is 0 Å². The zero-order valence-corrected chi connectivity index (χ0v) is 13.1. The molecule has 0 heteroatoms. The van der Waals surface area contributed by atoms with Crippen LogP contribution in [0.5, 0.6) is 0 Å². The van der Waals surface area contributed by atoms with Crippen LogP contribution in [0.4, 0.5) is 0 Å². The van der Waals surface area contributed by atoms with E-state index in [2.05, 4.69) is 53.7 Å². The Hall–Kier alpha value is -1.22. The molecule has 1 unspecified atom stereocenters. The van der Waals surface area contributed by atoms with Gasteiger partial charge in [-0.1, -0.05) is 59.4 Å². The van der Waals surface area contributed by atoms with Gasteiger partial charge in [0.15, 0.2) is 0 Å². The van der Waals surface area contributed by atoms with E-state index in [-0.39, 0.29) is 0 Å². The summed E-state index contributed by atoms with van der Waals surface area (Å²) < 4.78 is 0. The first-order valence-electron chi connectivity index (χ1n) is 6.78. The van der Waals surface area contributed by atoms with Crippen LogP contribution in [-0.2, 0) is 0 Å². The summed E-state index contributed by atoms with van der Waals surface area (Å²) in [7, 11) is 0. The third kappa shape index (κ3) is 3.91. The zero-order chi connectivity index (χ0) is 14.9. The highest BCUT2D eigenvalue weighted by Gasteiger charge is 2.38. The van der Waals surface area contributed by atoms with Crippen molar-refractivity contribution in [2.75, 3.05) is 0 Å². The molecule has 0 amide bonds. The van der Waals surface area contributed by atoms with Crippen molar-refractivity contribution in [1.82, 2.24) is 0 Å². The van der Waals surface area contributed by atoms with Gasteiger partial charge in [-0.05, 0) is 42.2 Å². The van der Waals surface area contributed by atoms with Gasteiger partial charge in [-0.2, -0.15) is 0 Å². The van der Waals surface area contributed by atoms with Crippen LogP contribution in [0.3, 0.4) is 0 Å². The van der Waals surface area contributed by atoms with Crippen molar-refractivity contribution in [2.24, 2.45) is 11.3 Å². The molecular weight excluding hydrogens is 216 g/mol. The highest BCUT2D eigenvalue weighted by Crippen LogP contribution is 2.50. The fourth-order valence-corrected chi connectivity index (χ4v) is 2.55. The molecule has 0 saturated heterocycles. The molecule has 0 aromatic rings. The van der Waals surface area contributed by atoms with Gasteiger partial charge in [0.25, 0.3) is 0 Å². The third-order valence-corrected chi connectivity index (χ3v) is 3.75. The fourth-order valence-electron chi connectivity index (χ4n) is 2.55. The lowest BCUT2D eigenvalue weighted by molar-refractivity contribution is 0.278. The van der Waals surface area contributed by atoms with E-state index in [1.807, 2.05) is 19.9 Å². The van der Waals surface area contributed by atoms with Gasteiger partial charge in [0.2, 0.25) is 0 Å². The molecule has 0 aliphatic heterocycles. The van der Waals surface area contributed by atoms with Gasteiger partial charge in [-0.15, -0.1) is 12.8 Å². The molecule has 0 radical (unpaired) electrons. The highest BCUT2D eigenvalue weighted by molar-refractivity contribution is 5.45. The van der Waals surface area contributed by atoms with Crippen molar-refractivity contribution in [1.29, 1.82) is 0 Å². The van der Waals surface area contributed by atoms with E-state index >= 15 is 0 Å². The maximum Gasteiger partial charge on any atom is -0.00440 e. The van der Waals surface area contributed by atoms with Gasteiger partial charge in [-0.25, -0.2) is 0 Å². The van der Waals surface area contributed by atoms with Crippen LogP contribution in [0.2, 0.25) is 0 Å². The van der Waals surface area contributed by atoms with Crippen LogP contribution in [0.25, 0.3) is 0 Å². The molecule has 0 bridgehead atoms. The predicted molar refractivity (Wildman–Crippen MR) is 85.5 cm³/mol. The normalized spacial score (nSPS) is 21.6. The van der Waals surface area contributed by atoms with Crippen LogP contribution in [0, 0.1) is 24.2 Å². The van der Waals surface area contributed by atoms with E-state index in [4.69, 9.17) is 0 Å². The third-order valence-electron chi connectivity index (χ3n) is 3.75. The Kier molecular flexibility index (Phi) is 9.36. The summed E-state index contributed by atoms with van der Waals surface area (Å²) in [4.78, 5) is 0. The smallest absolute Gasteiger partial charge is 0.00440 e. The Morgan fingerprint density at radius 1 is 1.33 bits per heavy atom. The maximum atomic E-state index is 4.11. The molecule has 0 aromatic carbocycles. The summed E-state index contributed by atoms with van der Waals surface area (Å²) in [5.74, 6) is 0.673.